The van der Waals surface area contributed by atoms with Crippen molar-refractivity contribution in [3.63, 3.8) is 0 Å². The van der Waals surface area contributed by atoms with Gasteiger partial charge in [-0.1, -0.05) is 143 Å². The first kappa shape index (κ1) is 46.3. The van der Waals surface area contributed by atoms with Gasteiger partial charge in [-0.25, -0.2) is 0 Å². The number of carboxylic acids is 1. The largest absolute Gasteiger partial charge is 0.481 e. The topological polar surface area (TPSA) is 99.1 Å². The van der Waals surface area contributed by atoms with Crippen molar-refractivity contribution in [2.45, 2.75) is 175 Å². The minimum Gasteiger partial charge on any atom is -0.481 e. The lowest BCUT2D eigenvalue weighted by molar-refractivity contribution is -0.872. The van der Waals surface area contributed by atoms with Gasteiger partial charge in [0.1, 0.15) is 12.5 Å². The summed E-state index contributed by atoms with van der Waals surface area (Å²) in [7, 11) is 5.81. The van der Waals surface area contributed by atoms with E-state index in [1.165, 1.54) is 89.9 Å². The lowest BCUT2D eigenvalue weighted by Crippen LogP contribution is -2.43. The Hall–Kier alpha value is -1.67. The number of carboxylic acid groups (broad SMARTS) is 1. The lowest BCUT2D eigenvalue weighted by Gasteiger charge is -2.27. The summed E-state index contributed by atoms with van der Waals surface area (Å²) in [6, 6.07) is 0. The Labute approximate surface area is 296 Å². The fourth-order valence-electron chi connectivity index (χ4n) is 5.94. The van der Waals surface area contributed by atoms with Crippen LogP contribution in [0.1, 0.15) is 169 Å². The third-order valence-electron chi connectivity index (χ3n) is 8.79. The number of hydrogen-bond donors (Lipinski definition) is 1. The summed E-state index contributed by atoms with van der Waals surface area (Å²) in [6.45, 7) is 9.46. The second-order valence-electron chi connectivity index (χ2n) is 16.1. The van der Waals surface area contributed by atoms with Gasteiger partial charge in [0, 0.05) is 12.8 Å². The zero-order chi connectivity index (χ0) is 36.0. The van der Waals surface area contributed by atoms with Crippen LogP contribution in [0.5, 0.6) is 0 Å². The van der Waals surface area contributed by atoms with E-state index < -0.39 is 18.0 Å². The second kappa shape index (κ2) is 30.2. The Morgan fingerprint density at radius 2 is 0.938 bits per heavy atom. The molecule has 0 amide bonds. The van der Waals surface area contributed by atoms with Gasteiger partial charge in [0.25, 0.3) is 0 Å². The van der Waals surface area contributed by atoms with Crippen LogP contribution in [0, 0.1) is 17.8 Å². The van der Waals surface area contributed by atoms with Crippen molar-refractivity contribution in [3.05, 3.63) is 0 Å². The van der Waals surface area contributed by atoms with Crippen molar-refractivity contribution in [2.75, 3.05) is 47.5 Å². The molecule has 0 aliphatic rings. The van der Waals surface area contributed by atoms with Gasteiger partial charge in [0.05, 0.1) is 40.9 Å². The molecule has 0 aromatic rings. The van der Waals surface area contributed by atoms with Crippen LogP contribution < -0.4 is 0 Å². The molecule has 0 bridgehead atoms. The molecule has 0 aromatic heterocycles. The molecule has 0 saturated heterocycles. The first-order valence-electron chi connectivity index (χ1n) is 19.8. The number of esters is 2. The van der Waals surface area contributed by atoms with Crippen molar-refractivity contribution in [2.24, 2.45) is 17.8 Å². The quantitative estimate of drug-likeness (QED) is 0.0409. The van der Waals surface area contributed by atoms with E-state index in [9.17, 15) is 19.5 Å². The molecule has 8 heteroatoms. The standard InChI is InChI=1S/C40H77NO7/c1-34(2)26-22-18-14-10-8-12-16-20-24-28-38(42)47-33-37(32-46-31-36(40(44)45)30-41(5,6)7)48-39(43)29-25-21-17-13-9-11-15-19-23-27-35(3)4/h34-37H,8-33H2,1-7H3/p+1/t36?,37-/m0/s1. The Morgan fingerprint density at radius 1 is 0.542 bits per heavy atom. The highest BCUT2D eigenvalue weighted by molar-refractivity contribution is 5.70. The van der Waals surface area contributed by atoms with E-state index in [2.05, 4.69) is 27.7 Å². The number of quaternary nitrogens is 1. The van der Waals surface area contributed by atoms with Gasteiger partial charge in [0.15, 0.2) is 6.10 Å². The number of ether oxygens (including phenoxy) is 3. The number of carbonyl (C=O) groups excluding carboxylic acids is 2. The molecule has 0 aliphatic heterocycles. The molecule has 0 aliphatic carbocycles. The fraction of sp³-hybridized carbons (Fsp3) is 0.925. The number of carbonyl (C=O) groups is 3. The number of hydrogen-bond acceptors (Lipinski definition) is 6. The summed E-state index contributed by atoms with van der Waals surface area (Å²) in [4.78, 5) is 36.9. The zero-order valence-electron chi connectivity index (χ0n) is 32.5. The first-order chi connectivity index (χ1) is 22.8. The molecule has 48 heavy (non-hydrogen) atoms. The highest BCUT2D eigenvalue weighted by atomic mass is 16.6. The minimum absolute atomic E-state index is 0.00250. The maximum absolute atomic E-state index is 12.7. The summed E-state index contributed by atoms with van der Waals surface area (Å²) >= 11 is 0. The van der Waals surface area contributed by atoms with Crippen molar-refractivity contribution < 1.29 is 38.2 Å². The Bertz CT molecular complexity index is 793. The number of aliphatic carboxylic acids is 1. The van der Waals surface area contributed by atoms with Gasteiger partial charge < -0.3 is 23.8 Å². The van der Waals surface area contributed by atoms with Crippen molar-refractivity contribution >= 4 is 17.9 Å². The summed E-state index contributed by atoms with van der Waals surface area (Å²) in [6.07, 6.45) is 23.8. The summed E-state index contributed by atoms with van der Waals surface area (Å²) in [5.41, 5.74) is 0. The van der Waals surface area contributed by atoms with Crippen LogP contribution in [-0.4, -0.2) is 81.1 Å². The predicted octanol–water partition coefficient (Wildman–Crippen LogP) is 9.76. The van der Waals surface area contributed by atoms with Gasteiger partial charge in [-0.05, 0) is 24.7 Å². The van der Waals surface area contributed by atoms with Crippen LogP contribution in [0.4, 0.5) is 0 Å². The van der Waals surface area contributed by atoms with E-state index in [1.54, 1.807) is 0 Å². The van der Waals surface area contributed by atoms with E-state index in [0.29, 0.717) is 23.9 Å². The van der Waals surface area contributed by atoms with Gasteiger partial charge >= 0.3 is 17.9 Å². The summed E-state index contributed by atoms with van der Waals surface area (Å²) in [5.74, 6) is -0.635. The summed E-state index contributed by atoms with van der Waals surface area (Å²) in [5, 5.41) is 9.63. The third-order valence-corrected chi connectivity index (χ3v) is 8.79. The second-order valence-corrected chi connectivity index (χ2v) is 16.1. The number of unbranched alkanes of at least 4 members (excludes halogenated alkanes) is 16. The SMILES string of the molecule is CC(C)CCCCCCCCCCCC(=O)OC[C@H](COCC(C[N+](C)(C)C)C(=O)O)OC(=O)CCCCCCCCCCCC(C)C. The summed E-state index contributed by atoms with van der Waals surface area (Å²) < 4.78 is 17.4. The van der Waals surface area contributed by atoms with Crippen molar-refractivity contribution in [3.8, 4) is 0 Å². The Kier molecular flexibility index (Phi) is 29.1. The third kappa shape index (κ3) is 32.9. The highest BCUT2D eigenvalue weighted by Crippen LogP contribution is 2.16. The molecule has 0 radical (unpaired) electrons. The van der Waals surface area contributed by atoms with E-state index in [4.69, 9.17) is 14.2 Å². The molecule has 0 spiro atoms. The zero-order valence-corrected chi connectivity index (χ0v) is 32.5. The van der Waals surface area contributed by atoms with Gasteiger partial charge in [-0.15, -0.1) is 0 Å². The van der Waals surface area contributed by atoms with E-state index in [0.717, 1.165) is 50.4 Å². The average Bonchev–Trinajstić information content (AvgIpc) is 2.99. The smallest absolute Gasteiger partial charge is 0.314 e. The maximum Gasteiger partial charge on any atom is 0.314 e. The molecule has 0 rings (SSSR count). The lowest BCUT2D eigenvalue weighted by atomic mass is 10.0. The number of nitrogens with zero attached hydrogens (tertiary/aromatic N) is 1. The van der Waals surface area contributed by atoms with Crippen LogP contribution in [0.15, 0.2) is 0 Å². The maximum atomic E-state index is 12.7. The molecule has 0 saturated carbocycles. The highest BCUT2D eigenvalue weighted by Gasteiger charge is 2.26. The van der Waals surface area contributed by atoms with E-state index in [-0.39, 0.29) is 31.8 Å². The number of rotatable bonds is 34. The predicted molar refractivity (Wildman–Crippen MR) is 197 cm³/mol. The fourth-order valence-corrected chi connectivity index (χ4v) is 5.94. The van der Waals surface area contributed by atoms with Gasteiger partial charge in [-0.3, -0.25) is 14.4 Å². The molecule has 2 atom stereocenters. The van der Waals surface area contributed by atoms with Crippen molar-refractivity contribution in [1.82, 2.24) is 0 Å². The Balaban J connectivity index is 4.44. The molecule has 8 nitrogen and oxygen atoms in total. The van der Waals surface area contributed by atoms with E-state index >= 15 is 0 Å². The van der Waals surface area contributed by atoms with Gasteiger partial charge in [-0.2, -0.15) is 0 Å². The van der Waals surface area contributed by atoms with E-state index in [1.807, 2.05) is 21.1 Å². The van der Waals surface area contributed by atoms with Crippen LogP contribution in [0.25, 0.3) is 0 Å². The van der Waals surface area contributed by atoms with Crippen LogP contribution in [-0.2, 0) is 28.6 Å². The monoisotopic (exact) mass is 685 g/mol. The molecule has 0 aromatic carbocycles. The molecule has 284 valence electrons. The first-order valence-corrected chi connectivity index (χ1v) is 19.8. The molecule has 1 N–H and O–H groups in total. The molecular formula is C40H78NO7+. The average molecular weight is 685 g/mol. The van der Waals surface area contributed by atoms with Crippen LogP contribution >= 0.6 is 0 Å². The minimum atomic E-state index is -0.921. The normalized spacial score (nSPS) is 13.2. The molecule has 0 fully saturated rings. The van der Waals surface area contributed by atoms with Gasteiger partial charge in [0.2, 0.25) is 0 Å². The molecule has 1 unspecified atom stereocenters. The van der Waals surface area contributed by atoms with Crippen LogP contribution in [0.2, 0.25) is 0 Å². The molecule has 0 heterocycles. The Morgan fingerprint density at radius 3 is 1.33 bits per heavy atom. The van der Waals surface area contributed by atoms with Crippen molar-refractivity contribution in [1.29, 1.82) is 0 Å². The molecular weight excluding hydrogens is 606 g/mol. The van der Waals surface area contributed by atoms with Crippen LogP contribution in [0.3, 0.4) is 0 Å².